The van der Waals surface area contributed by atoms with E-state index in [1.807, 2.05) is 37.4 Å². The number of ether oxygens (including phenoxy) is 2. The highest BCUT2D eigenvalue weighted by molar-refractivity contribution is 5.88. The predicted molar refractivity (Wildman–Crippen MR) is 133 cm³/mol. The summed E-state index contributed by atoms with van der Waals surface area (Å²) in [4.78, 5) is 14.0. The minimum atomic E-state index is -0.611. The van der Waals surface area contributed by atoms with Crippen LogP contribution >= 0.6 is 0 Å². The predicted octanol–water partition coefficient (Wildman–Crippen LogP) is 3.41. The van der Waals surface area contributed by atoms with Crippen molar-refractivity contribution in [3.63, 3.8) is 0 Å². The van der Waals surface area contributed by atoms with E-state index in [-0.39, 0.29) is 35.9 Å². The molecule has 1 saturated heterocycles. The van der Waals surface area contributed by atoms with Crippen molar-refractivity contribution in [1.82, 2.24) is 0 Å². The first-order valence-corrected chi connectivity index (χ1v) is 12.8. The second-order valence-corrected chi connectivity index (χ2v) is 11.2. The molecule has 0 bridgehead atoms. The second-order valence-electron chi connectivity index (χ2n) is 11.2. The summed E-state index contributed by atoms with van der Waals surface area (Å²) < 4.78 is 11.9. The molecular formula is C29H38NO4+. The largest absolute Gasteiger partial charge is 0.490 e. The number of benzene rings is 2. The van der Waals surface area contributed by atoms with E-state index < -0.39 is 6.10 Å². The second kappa shape index (κ2) is 9.35. The molecule has 0 radical (unpaired) electrons. The van der Waals surface area contributed by atoms with Gasteiger partial charge in [0.05, 0.1) is 13.6 Å². The smallest absolute Gasteiger partial charge is 0.315 e. The molecule has 5 heteroatoms. The summed E-state index contributed by atoms with van der Waals surface area (Å²) in [5, 5.41) is 12.8. The van der Waals surface area contributed by atoms with Crippen molar-refractivity contribution in [3.05, 3.63) is 54.6 Å². The number of nitrogens with one attached hydrogen (secondary N) is 1. The summed E-state index contributed by atoms with van der Waals surface area (Å²) >= 11 is 0. The molecule has 1 heterocycles. The number of quaternary nitrogens is 1. The van der Waals surface area contributed by atoms with E-state index in [0.717, 1.165) is 40.7 Å². The van der Waals surface area contributed by atoms with Gasteiger partial charge in [0.2, 0.25) is 0 Å². The third-order valence-electron chi connectivity index (χ3n) is 8.65. The van der Waals surface area contributed by atoms with Gasteiger partial charge in [0.15, 0.2) is 0 Å². The molecule has 2 saturated carbocycles. The number of hydrogen-bond acceptors (Lipinski definition) is 4. The van der Waals surface area contributed by atoms with Gasteiger partial charge < -0.3 is 19.5 Å². The molecule has 5 nitrogen and oxygen atoms in total. The molecule has 2 aliphatic carbocycles. The van der Waals surface area contributed by atoms with Crippen LogP contribution in [0.3, 0.4) is 0 Å². The van der Waals surface area contributed by atoms with Crippen LogP contribution in [0.4, 0.5) is 0 Å². The van der Waals surface area contributed by atoms with Crippen molar-refractivity contribution < 1.29 is 24.3 Å². The van der Waals surface area contributed by atoms with Gasteiger partial charge in [-0.3, -0.25) is 4.79 Å². The van der Waals surface area contributed by atoms with Gasteiger partial charge in [-0.05, 0) is 54.9 Å². The zero-order valence-electron chi connectivity index (χ0n) is 20.5. The first-order chi connectivity index (χ1) is 16.3. The molecule has 3 aliphatic rings. The summed E-state index contributed by atoms with van der Waals surface area (Å²) in [5.74, 6) is 1.40. The Morgan fingerprint density at radius 2 is 2.06 bits per heavy atom. The van der Waals surface area contributed by atoms with Crippen LogP contribution in [0.2, 0.25) is 0 Å². The molecule has 0 aromatic heterocycles. The first-order valence-electron chi connectivity index (χ1n) is 12.8. The number of aliphatic hydroxyl groups excluding tert-OH is 1. The van der Waals surface area contributed by atoms with Gasteiger partial charge in [-0.1, -0.05) is 55.5 Å². The molecule has 2 aromatic rings. The average Bonchev–Trinajstić information content (AvgIpc) is 3.09. The van der Waals surface area contributed by atoms with Crippen molar-refractivity contribution in [1.29, 1.82) is 0 Å². The van der Waals surface area contributed by atoms with Crippen LogP contribution in [-0.4, -0.2) is 50.0 Å². The summed E-state index contributed by atoms with van der Waals surface area (Å²) in [6, 6.07) is 14.1. The molecule has 182 valence electrons. The van der Waals surface area contributed by atoms with E-state index in [9.17, 15) is 9.90 Å². The highest BCUT2D eigenvalue weighted by atomic mass is 16.6. The average molecular weight is 465 g/mol. The van der Waals surface area contributed by atoms with Crippen molar-refractivity contribution in [2.24, 2.45) is 23.2 Å². The van der Waals surface area contributed by atoms with E-state index in [2.05, 4.69) is 25.6 Å². The van der Waals surface area contributed by atoms with Gasteiger partial charge in [0.25, 0.3) is 0 Å². The number of fused-ring (bicyclic) bond motifs is 3. The fourth-order valence-electron chi connectivity index (χ4n) is 6.92. The number of esters is 1. The lowest BCUT2D eigenvalue weighted by Crippen LogP contribution is -3.11. The van der Waals surface area contributed by atoms with E-state index in [1.54, 1.807) is 0 Å². The van der Waals surface area contributed by atoms with Gasteiger partial charge in [-0.15, -0.1) is 0 Å². The van der Waals surface area contributed by atoms with Crippen LogP contribution in [0, 0.1) is 23.2 Å². The molecule has 0 spiro atoms. The number of rotatable bonds is 7. The Balaban J connectivity index is 1.17. The Labute approximate surface area is 202 Å². The zero-order valence-corrected chi connectivity index (χ0v) is 20.5. The number of aliphatic hydroxyl groups is 1. The van der Waals surface area contributed by atoms with E-state index in [4.69, 9.17) is 9.47 Å². The van der Waals surface area contributed by atoms with E-state index in [1.165, 1.54) is 18.4 Å². The van der Waals surface area contributed by atoms with Gasteiger partial charge in [-0.25, -0.2) is 0 Å². The molecule has 2 N–H and O–H groups in total. The number of hydrogen-bond donors (Lipinski definition) is 2. The van der Waals surface area contributed by atoms with Crippen LogP contribution in [-0.2, 0) is 9.53 Å². The number of allylic oxidation sites excluding steroid dienone is 1. The number of carbonyl (C=O) groups is 1. The maximum atomic E-state index is 12.8. The Hall–Kier alpha value is -2.37. The first kappa shape index (κ1) is 23.4. The standard InChI is InChI=1S/C29H37NO4/c1-19-8-7-13-29(2)15-27-23(14-25(19)29)24(28(32)34-27)17-30(3)16-21(31)18-33-26-12-6-10-20-9-4-5-11-22(20)26/h4-6,9-12,21,23-25,27,31H,1,7-8,13-18H2,2-3H3/p+1. The lowest BCUT2D eigenvalue weighted by atomic mass is 9.55. The monoisotopic (exact) mass is 464 g/mol. The van der Waals surface area contributed by atoms with Gasteiger partial charge in [0.1, 0.15) is 37.0 Å². The van der Waals surface area contributed by atoms with E-state index in [0.29, 0.717) is 19.0 Å². The normalized spacial score (nSPS) is 32.6. The van der Waals surface area contributed by atoms with Crippen molar-refractivity contribution in [3.8, 4) is 5.75 Å². The third-order valence-corrected chi connectivity index (χ3v) is 8.65. The van der Waals surface area contributed by atoms with Gasteiger partial charge in [-0.2, -0.15) is 0 Å². The topological polar surface area (TPSA) is 60.2 Å². The van der Waals surface area contributed by atoms with Crippen molar-refractivity contribution in [2.75, 3.05) is 26.7 Å². The Bertz CT molecular complexity index is 1060. The molecule has 0 amide bonds. The van der Waals surface area contributed by atoms with Crippen LogP contribution in [0.1, 0.15) is 39.0 Å². The minimum absolute atomic E-state index is 0.0390. The Morgan fingerprint density at radius 3 is 2.91 bits per heavy atom. The van der Waals surface area contributed by atoms with Gasteiger partial charge >= 0.3 is 5.97 Å². The Kier molecular flexibility index (Phi) is 6.43. The highest BCUT2D eigenvalue weighted by Crippen LogP contribution is 2.56. The Morgan fingerprint density at radius 1 is 1.26 bits per heavy atom. The summed E-state index contributed by atoms with van der Waals surface area (Å²) in [7, 11) is 2.05. The fraction of sp³-hybridized carbons (Fsp3) is 0.552. The SMILES string of the molecule is C=C1CCCC2(C)CC3OC(=O)C(C[NH+](C)CC(O)COc4cccc5ccccc45)C3CC12. The van der Waals surface area contributed by atoms with Crippen molar-refractivity contribution >= 4 is 16.7 Å². The molecule has 7 atom stereocenters. The van der Waals surface area contributed by atoms with Crippen LogP contribution < -0.4 is 9.64 Å². The molecular weight excluding hydrogens is 426 g/mol. The van der Waals surface area contributed by atoms with Gasteiger partial charge in [0, 0.05) is 11.3 Å². The summed E-state index contributed by atoms with van der Waals surface area (Å²) in [6.45, 7) is 8.19. The molecule has 1 aliphatic heterocycles. The maximum Gasteiger partial charge on any atom is 0.315 e. The zero-order chi connectivity index (χ0) is 23.9. The molecule has 7 unspecified atom stereocenters. The summed E-state index contributed by atoms with van der Waals surface area (Å²) in [6.07, 6.45) is 4.92. The lowest BCUT2D eigenvalue weighted by molar-refractivity contribution is -0.885. The van der Waals surface area contributed by atoms with Crippen LogP contribution in [0.25, 0.3) is 10.8 Å². The molecule has 5 rings (SSSR count). The molecule has 34 heavy (non-hydrogen) atoms. The quantitative estimate of drug-likeness (QED) is 0.487. The lowest BCUT2D eigenvalue weighted by Gasteiger charge is -2.50. The maximum absolute atomic E-state index is 12.8. The number of carbonyl (C=O) groups excluding carboxylic acids is 1. The highest BCUT2D eigenvalue weighted by Gasteiger charge is 2.55. The van der Waals surface area contributed by atoms with Crippen LogP contribution in [0.5, 0.6) is 5.75 Å². The fourth-order valence-corrected chi connectivity index (χ4v) is 6.92. The number of likely N-dealkylation sites (N-methyl/N-ethyl adjacent to an activating group) is 1. The minimum Gasteiger partial charge on any atom is -0.490 e. The third kappa shape index (κ3) is 4.48. The van der Waals surface area contributed by atoms with Crippen molar-refractivity contribution in [2.45, 2.75) is 51.2 Å². The molecule has 2 aromatic carbocycles. The summed E-state index contributed by atoms with van der Waals surface area (Å²) in [5.41, 5.74) is 1.59. The van der Waals surface area contributed by atoms with E-state index >= 15 is 0 Å². The molecule has 3 fully saturated rings. The van der Waals surface area contributed by atoms with Crippen LogP contribution in [0.15, 0.2) is 54.6 Å².